The van der Waals surface area contributed by atoms with Crippen molar-refractivity contribution in [1.29, 1.82) is 0 Å². The van der Waals surface area contributed by atoms with E-state index in [4.69, 9.17) is 9.47 Å². The molecule has 0 saturated carbocycles. The second-order valence-electron chi connectivity index (χ2n) is 4.62. The molecule has 2 rings (SSSR count). The quantitative estimate of drug-likeness (QED) is 0.722. The average Bonchev–Trinajstić information content (AvgIpc) is 2.53. The lowest BCUT2D eigenvalue weighted by molar-refractivity contribution is 0.414. The first-order chi connectivity index (χ1) is 9.78. The van der Waals surface area contributed by atoms with Crippen LogP contribution in [0.25, 0.3) is 0 Å². The molecule has 0 aliphatic carbocycles. The highest BCUT2D eigenvalue weighted by atomic mass is 16.5. The Hall–Kier alpha value is -2.22. The number of allylic oxidation sites excluding steroid dienone is 1. The van der Waals surface area contributed by atoms with Crippen molar-refractivity contribution in [3.05, 3.63) is 72.3 Å². The van der Waals surface area contributed by atoms with Gasteiger partial charge in [0.05, 0.1) is 14.2 Å². The maximum atomic E-state index is 5.21. The van der Waals surface area contributed by atoms with E-state index < -0.39 is 0 Å². The molecule has 0 atom stereocenters. The van der Waals surface area contributed by atoms with Gasteiger partial charge >= 0.3 is 0 Å². The van der Waals surface area contributed by atoms with Gasteiger partial charge in [-0.15, -0.1) is 6.58 Å². The van der Waals surface area contributed by atoms with Crippen LogP contribution in [0.3, 0.4) is 0 Å². The Kier molecular flexibility index (Phi) is 4.83. The van der Waals surface area contributed by atoms with Crippen LogP contribution in [-0.2, 0) is 0 Å². The van der Waals surface area contributed by atoms with Crippen LogP contribution in [0, 0.1) is 0 Å². The van der Waals surface area contributed by atoms with E-state index >= 15 is 0 Å². The summed E-state index contributed by atoms with van der Waals surface area (Å²) in [6.45, 7) is 3.87. The molecule has 0 heterocycles. The fraction of sp³-hybridized carbons (Fsp3) is 0.222. The predicted molar refractivity (Wildman–Crippen MR) is 82.6 cm³/mol. The van der Waals surface area contributed by atoms with E-state index in [1.807, 2.05) is 30.3 Å². The lowest BCUT2D eigenvalue weighted by atomic mass is 9.88. The largest absolute Gasteiger partial charge is 0.497 e. The molecule has 0 aliphatic rings. The van der Waals surface area contributed by atoms with Gasteiger partial charge in [0.2, 0.25) is 0 Å². The van der Waals surface area contributed by atoms with Crippen LogP contribution >= 0.6 is 0 Å². The van der Waals surface area contributed by atoms with Crippen LogP contribution < -0.4 is 9.47 Å². The van der Waals surface area contributed by atoms with Gasteiger partial charge < -0.3 is 9.47 Å². The second-order valence-corrected chi connectivity index (χ2v) is 4.62. The molecule has 0 saturated heterocycles. The molecule has 0 bridgehead atoms. The van der Waals surface area contributed by atoms with Gasteiger partial charge in [0, 0.05) is 5.92 Å². The highest BCUT2D eigenvalue weighted by Crippen LogP contribution is 2.30. The standard InChI is InChI=1S/C18H20O2/c1-4-5-18(14-6-10-16(19-2)11-7-14)15-8-12-17(20-3)13-9-15/h4,6-13,18H,1,5H2,2-3H3. The minimum Gasteiger partial charge on any atom is -0.497 e. The zero-order valence-electron chi connectivity index (χ0n) is 12.0. The van der Waals surface area contributed by atoms with Gasteiger partial charge in [-0.3, -0.25) is 0 Å². The zero-order valence-corrected chi connectivity index (χ0v) is 12.0. The van der Waals surface area contributed by atoms with Gasteiger partial charge in [-0.2, -0.15) is 0 Å². The summed E-state index contributed by atoms with van der Waals surface area (Å²) in [5.74, 6) is 2.06. The Labute approximate surface area is 120 Å². The predicted octanol–water partition coefficient (Wildman–Crippen LogP) is 4.41. The third kappa shape index (κ3) is 3.21. The average molecular weight is 268 g/mol. The molecule has 20 heavy (non-hydrogen) atoms. The summed E-state index contributed by atoms with van der Waals surface area (Å²) < 4.78 is 10.4. The Balaban J connectivity index is 2.30. The number of rotatable bonds is 6. The van der Waals surface area contributed by atoms with Gasteiger partial charge in [0.15, 0.2) is 0 Å². The third-order valence-electron chi connectivity index (χ3n) is 3.44. The van der Waals surface area contributed by atoms with E-state index in [0.29, 0.717) is 5.92 Å². The SMILES string of the molecule is C=CCC(c1ccc(OC)cc1)c1ccc(OC)cc1. The van der Waals surface area contributed by atoms with E-state index in [1.54, 1.807) is 14.2 Å². The van der Waals surface area contributed by atoms with Crippen molar-refractivity contribution in [3.63, 3.8) is 0 Å². The lowest BCUT2D eigenvalue weighted by Crippen LogP contribution is -2.00. The molecule has 0 amide bonds. The first-order valence-electron chi connectivity index (χ1n) is 6.67. The molecule has 0 unspecified atom stereocenters. The molecule has 0 fully saturated rings. The van der Waals surface area contributed by atoms with Crippen molar-refractivity contribution in [3.8, 4) is 11.5 Å². The molecule has 2 nitrogen and oxygen atoms in total. The minimum absolute atomic E-state index is 0.310. The van der Waals surface area contributed by atoms with Crippen LogP contribution in [0.5, 0.6) is 11.5 Å². The zero-order chi connectivity index (χ0) is 14.4. The van der Waals surface area contributed by atoms with Gasteiger partial charge in [-0.1, -0.05) is 30.3 Å². The van der Waals surface area contributed by atoms with Gasteiger partial charge in [0.25, 0.3) is 0 Å². The van der Waals surface area contributed by atoms with Gasteiger partial charge in [-0.05, 0) is 41.8 Å². The molecule has 0 radical (unpaired) electrons. The van der Waals surface area contributed by atoms with E-state index in [2.05, 4.69) is 30.8 Å². The number of hydrogen-bond acceptors (Lipinski definition) is 2. The Bertz CT molecular complexity index is 493. The van der Waals surface area contributed by atoms with Crippen LogP contribution in [-0.4, -0.2) is 14.2 Å². The van der Waals surface area contributed by atoms with E-state index in [-0.39, 0.29) is 0 Å². The van der Waals surface area contributed by atoms with E-state index in [1.165, 1.54) is 11.1 Å². The number of ether oxygens (including phenoxy) is 2. The molecule has 2 aromatic carbocycles. The first kappa shape index (κ1) is 14.2. The van der Waals surface area contributed by atoms with Crippen molar-refractivity contribution in [1.82, 2.24) is 0 Å². The van der Waals surface area contributed by atoms with Crippen molar-refractivity contribution in [2.75, 3.05) is 14.2 Å². The van der Waals surface area contributed by atoms with Gasteiger partial charge in [-0.25, -0.2) is 0 Å². The van der Waals surface area contributed by atoms with Crippen LogP contribution in [0.4, 0.5) is 0 Å². The molecule has 0 aliphatic heterocycles. The maximum absolute atomic E-state index is 5.21. The first-order valence-corrected chi connectivity index (χ1v) is 6.67. The van der Waals surface area contributed by atoms with Crippen molar-refractivity contribution in [2.24, 2.45) is 0 Å². The lowest BCUT2D eigenvalue weighted by Gasteiger charge is -2.17. The summed E-state index contributed by atoms with van der Waals surface area (Å²) in [6, 6.07) is 16.4. The number of hydrogen-bond donors (Lipinski definition) is 0. The fourth-order valence-corrected chi connectivity index (χ4v) is 2.30. The summed E-state index contributed by atoms with van der Waals surface area (Å²) in [5, 5.41) is 0. The topological polar surface area (TPSA) is 18.5 Å². The summed E-state index contributed by atoms with van der Waals surface area (Å²) >= 11 is 0. The Morgan fingerprint density at radius 3 is 1.55 bits per heavy atom. The fourth-order valence-electron chi connectivity index (χ4n) is 2.30. The highest BCUT2D eigenvalue weighted by Gasteiger charge is 2.12. The Morgan fingerprint density at radius 1 is 0.850 bits per heavy atom. The maximum Gasteiger partial charge on any atom is 0.118 e. The van der Waals surface area contributed by atoms with Crippen LogP contribution in [0.2, 0.25) is 0 Å². The van der Waals surface area contributed by atoms with Crippen molar-refractivity contribution >= 4 is 0 Å². The molecular weight excluding hydrogens is 248 g/mol. The number of benzene rings is 2. The molecule has 2 heteroatoms. The summed E-state index contributed by atoms with van der Waals surface area (Å²) in [5.41, 5.74) is 2.52. The molecule has 0 aromatic heterocycles. The monoisotopic (exact) mass is 268 g/mol. The van der Waals surface area contributed by atoms with E-state index in [0.717, 1.165) is 17.9 Å². The van der Waals surface area contributed by atoms with Gasteiger partial charge in [0.1, 0.15) is 11.5 Å². The van der Waals surface area contributed by atoms with Crippen molar-refractivity contribution in [2.45, 2.75) is 12.3 Å². The molecule has 104 valence electrons. The van der Waals surface area contributed by atoms with Crippen LogP contribution in [0.1, 0.15) is 23.5 Å². The van der Waals surface area contributed by atoms with Crippen molar-refractivity contribution < 1.29 is 9.47 Å². The third-order valence-corrected chi connectivity index (χ3v) is 3.44. The number of methoxy groups -OCH3 is 2. The molecular formula is C18H20O2. The molecule has 2 aromatic rings. The molecule has 0 spiro atoms. The molecule has 0 N–H and O–H groups in total. The minimum atomic E-state index is 0.310. The highest BCUT2D eigenvalue weighted by molar-refractivity contribution is 5.38. The normalized spacial score (nSPS) is 10.3. The summed E-state index contributed by atoms with van der Waals surface area (Å²) in [6.07, 6.45) is 2.86. The van der Waals surface area contributed by atoms with E-state index in [9.17, 15) is 0 Å². The summed E-state index contributed by atoms with van der Waals surface area (Å²) in [7, 11) is 3.36. The van der Waals surface area contributed by atoms with Crippen LogP contribution in [0.15, 0.2) is 61.2 Å². The smallest absolute Gasteiger partial charge is 0.118 e. The Morgan fingerprint density at radius 2 is 1.25 bits per heavy atom. The summed E-state index contributed by atoms with van der Waals surface area (Å²) in [4.78, 5) is 0. The second kappa shape index (κ2) is 6.80.